The number of halogens is 2. The number of phenolic OH excluding ortho intramolecular Hbond substituents is 1. The Bertz CT molecular complexity index is 960. The van der Waals surface area contributed by atoms with E-state index in [0.29, 0.717) is 23.4 Å². The molecule has 6 nitrogen and oxygen atoms in total. The number of aromatic hydroxyl groups is 1. The van der Waals surface area contributed by atoms with Crippen molar-refractivity contribution in [2.75, 3.05) is 11.9 Å². The maximum atomic E-state index is 13.6. The van der Waals surface area contributed by atoms with Crippen LogP contribution in [0.5, 0.6) is 5.75 Å². The lowest BCUT2D eigenvalue weighted by Gasteiger charge is -2.12. The standard InChI is InChI=1S/C18H12F2N2O4S/c19-11-3-6-14(13(20)8-11)21-16(24)9-22-17(25)15(27-18(22)26)7-10-1-4-12(23)5-2-10/h1-8,23H,9H2,(H,21,24)/b15-7+. The minimum Gasteiger partial charge on any atom is -0.508 e. The highest BCUT2D eigenvalue weighted by atomic mass is 32.2. The van der Waals surface area contributed by atoms with Crippen molar-refractivity contribution in [3.63, 3.8) is 0 Å². The summed E-state index contributed by atoms with van der Waals surface area (Å²) in [5.74, 6) is -3.16. The number of nitrogens with one attached hydrogen (secondary N) is 1. The van der Waals surface area contributed by atoms with Crippen molar-refractivity contribution in [1.82, 2.24) is 4.90 Å². The first-order valence-electron chi connectivity index (χ1n) is 7.63. The van der Waals surface area contributed by atoms with Crippen LogP contribution in [0, 0.1) is 11.6 Å². The van der Waals surface area contributed by atoms with Crippen LogP contribution in [-0.2, 0) is 9.59 Å². The molecule has 3 amide bonds. The Kier molecular flexibility index (Phi) is 5.22. The Hall–Kier alpha value is -3.20. The van der Waals surface area contributed by atoms with Crippen molar-refractivity contribution in [2.45, 2.75) is 0 Å². The molecule has 27 heavy (non-hydrogen) atoms. The van der Waals surface area contributed by atoms with Gasteiger partial charge in [-0.2, -0.15) is 0 Å². The Labute approximate surface area is 156 Å². The molecule has 0 atom stereocenters. The largest absolute Gasteiger partial charge is 0.508 e. The first kappa shape index (κ1) is 18.6. The number of carbonyl (C=O) groups is 3. The second kappa shape index (κ2) is 7.58. The molecule has 1 saturated heterocycles. The Morgan fingerprint density at radius 1 is 1.15 bits per heavy atom. The highest BCUT2D eigenvalue weighted by Gasteiger charge is 2.36. The third kappa shape index (κ3) is 4.32. The minimum absolute atomic E-state index is 0.0601. The number of thioether (sulfide) groups is 1. The third-order valence-electron chi connectivity index (χ3n) is 3.57. The molecular formula is C18H12F2N2O4S. The van der Waals surface area contributed by atoms with E-state index >= 15 is 0 Å². The molecule has 1 heterocycles. The number of imide groups is 1. The molecule has 2 aromatic rings. The van der Waals surface area contributed by atoms with E-state index in [1.54, 1.807) is 12.1 Å². The fourth-order valence-corrected chi connectivity index (χ4v) is 3.12. The summed E-state index contributed by atoms with van der Waals surface area (Å²) in [5, 5.41) is 10.8. The molecule has 0 radical (unpaired) electrons. The number of benzene rings is 2. The maximum Gasteiger partial charge on any atom is 0.294 e. The lowest BCUT2D eigenvalue weighted by Crippen LogP contribution is -2.36. The van der Waals surface area contributed by atoms with E-state index < -0.39 is 35.2 Å². The van der Waals surface area contributed by atoms with Crippen LogP contribution >= 0.6 is 11.8 Å². The molecule has 1 aliphatic rings. The molecule has 2 aromatic carbocycles. The smallest absolute Gasteiger partial charge is 0.294 e. The summed E-state index contributed by atoms with van der Waals surface area (Å²) >= 11 is 0.667. The first-order valence-corrected chi connectivity index (χ1v) is 8.44. The van der Waals surface area contributed by atoms with Crippen LogP contribution in [0.3, 0.4) is 0 Å². The molecule has 0 aromatic heterocycles. The Morgan fingerprint density at radius 3 is 2.52 bits per heavy atom. The van der Waals surface area contributed by atoms with E-state index in [2.05, 4.69) is 5.32 Å². The molecule has 0 spiro atoms. The van der Waals surface area contributed by atoms with Crippen molar-refractivity contribution >= 4 is 40.6 Å². The zero-order valence-electron chi connectivity index (χ0n) is 13.6. The van der Waals surface area contributed by atoms with Gasteiger partial charge in [-0.15, -0.1) is 0 Å². The lowest BCUT2D eigenvalue weighted by atomic mass is 10.2. The first-order chi connectivity index (χ1) is 12.8. The summed E-state index contributed by atoms with van der Waals surface area (Å²) in [6.45, 7) is -0.603. The second-order valence-electron chi connectivity index (χ2n) is 5.53. The summed E-state index contributed by atoms with van der Waals surface area (Å²) in [7, 11) is 0. The SMILES string of the molecule is O=C(CN1C(=O)S/C(=C/c2ccc(O)cc2)C1=O)Nc1ccc(F)cc1F. The van der Waals surface area contributed by atoms with Gasteiger partial charge in [0, 0.05) is 6.07 Å². The molecule has 1 aliphatic heterocycles. The second-order valence-corrected chi connectivity index (χ2v) is 6.52. The summed E-state index contributed by atoms with van der Waals surface area (Å²) < 4.78 is 26.5. The predicted molar refractivity (Wildman–Crippen MR) is 95.8 cm³/mol. The number of hydrogen-bond acceptors (Lipinski definition) is 5. The summed E-state index contributed by atoms with van der Waals surface area (Å²) in [6.07, 6.45) is 1.46. The van der Waals surface area contributed by atoms with Crippen molar-refractivity contribution in [1.29, 1.82) is 0 Å². The number of carbonyl (C=O) groups excluding carboxylic acids is 3. The number of nitrogens with zero attached hydrogens (tertiary/aromatic N) is 1. The highest BCUT2D eigenvalue weighted by Crippen LogP contribution is 2.32. The van der Waals surface area contributed by atoms with Gasteiger partial charge in [-0.25, -0.2) is 8.78 Å². The molecule has 3 rings (SSSR count). The quantitative estimate of drug-likeness (QED) is 0.782. The van der Waals surface area contributed by atoms with Crippen LogP contribution in [-0.4, -0.2) is 33.6 Å². The molecule has 2 N–H and O–H groups in total. The summed E-state index contributed by atoms with van der Waals surface area (Å²) in [4.78, 5) is 37.2. The van der Waals surface area contributed by atoms with Crippen LogP contribution < -0.4 is 5.32 Å². The molecule has 0 saturated carbocycles. The molecule has 0 aliphatic carbocycles. The highest BCUT2D eigenvalue weighted by molar-refractivity contribution is 8.18. The number of amides is 3. The van der Waals surface area contributed by atoms with Gasteiger partial charge in [0.05, 0.1) is 10.6 Å². The number of rotatable bonds is 4. The van der Waals surface area contributed by atoms with Crippen LogP contribution in [0.2, 0.25) is 0 Å². The van der Waals surface area contributed by atoms with Gasteiger partial charge in [-0.1, -0.05) is 12.1 Å². The summed E-state index contributed by atoms with van der Waals surface area (Å²) in [5.41, 5.74) is 0.337. The fourth-order valence-electron chi connectivity index (χ4n) is 2.28. The van der Waals surface area contributed by atoms with Crippen LogP contribution in [0.1, 0.15) is 5.56 Å². The van der Waals surface area contributed by atoms with E-state index in [1.165, 1.54) is 18.2 Å². The number of phenols is 1. The van der Waals surface area contributed by atoms with Gasteiger partial charge in [0.15, 0.2) is 0 Å². The Balaban J connectivity index is 1.69. The predicted octanol–water partition coefficient (Wildman–Crippen LogP) is 3.35. The van der Waals surface area contributed by atoms with Crippen molar-refractivity contribution in [3.8, 4) is 5.75 Å². The van der Waals surface area contributed by atoms with E-state index in [-0.39, 0.29) is 16.3 Å². The summed E-state index contributed by atoms with van der Waals surface area (Å²) in [6, 6.07) is 8.61. The monoisotopic (exact) mass is 390 g/mol. The van der Waals surface area contributed by atoms with E-state index in [0.717, 1.165) is 17.0 Å². The minimum atomic E-state index is -0.968. The number of hydrogen-bond donors (Lipinski definition) is 2. The zero-order chi connectivity index (χ0) is 19.6. The normalized spacial score (nSPS) is 15.5. The van der Waals surface area contributed by atoms with E-state index in [4.69, 9.17) is 0 Å². The number of anilines is 1. The van der Waals surface area contributed by atoms with Gasteiger partial charge in [-0.05, 0) is 47.7 Å². The van der Waals surface area contributed by atoms with Crippen LogP contribution in [0.15, 0.2) is 47.4 Å². The molecule has 9 heteroatoms. The van der Waals surface area contributed by atoms with Crippen molar-refractivity contribution < 1.29 is 28.3 Å². The lowest BCUT2D eigenvalue weighted by molar-refractivity contribution is -0.127. The molecule has 1 fully saturated rings. The molecule has 0 unspecified atom stereocenters. The van der Waals surface area contributed by atoms with Gasteiger partial charge in [0.25, 0.3) is 11.1 Å². The van der Waals surface area contributed by atoms with Crippen molar-refractivity contribution in [3.05, 3.63) is 64.6 Å². The van der Waals surface area contributed by atoms with Gasteiger partial charge >= 0.3 is 0 Å². The van der Waals surface area contributed by atoms with Gasteiger partial charge in [0.1, 0.15) is 23.9 Å². The topological polar surface area (TPSA) is 86.7 Å². The van der Waals surface area contributed by atoms with Gasteiger partial charge < -0.3 is 10.4 Å². The molecule has 138 valence electrons. The van der Waals surface area contributed by atoms with Crippen LogP contribution in [0.25, 0.3) is 6.08 Å². The molecule has 0 bridgehead atoms. The molecular weight excluding hydrogens is 378 g/mol. The van der Waals surface area contributed by atoms with Gasteiger partial charge in [-0.3, -0.25) is 19.3 Å². The van der Waals surface area contributed by atoms with E-state index in [1.807, 2.05) is 0 Å². The average molecular weight is 390 g/mol. The van der Waals surface area contributed by atoms with Crippen LogP contribution in [0.4, 0.5) is 19.3 Å². The Morgan fingerprint density at radius 2 is 1.85 bits per heavy atom. The maximum absolute atomic E-state index is 13.6. The van der Waals surface area contributed by atoms with Crippen molar-refractivity contribution in [2.24, 2.45) is 0 Å². The third-order valence-corrected chi connectivity index (χ3v) is 4.48. The zero-order valence-corrected chi connectivity index (χ0v) is 14.4. The average Bonchev–Trinajstić information content (AvgIpc) is 2.87. The van der Waals surface area contributed by atoms with E-state index in [9.17, 15) is 28.3 Å². The fraction of sp³-hybridized carbons (Fsp3) is 0.0556. The van der Waals surface area contributed by atoms with Gasteiger partial charge in [0.2, 0.25) is 5.91 Å².